The lowest BCUT2D eigenvalue weighted by atomic mass is 9.97. The van der Waals surface area contributed by atoms with Gasteiger partial charge in [0.15, 0.2) is 5.71 Å². The highest BCUT2D eigenvalue weighted by Crippen LogP contribution is 2.33. The maximum absolute atomic E-state index is 12.6. The molecule has 1 aliphatic rings. The molecule has 25 heavy (non-hydrogen) atoms. The van der Waals surface area contributed by atoms with Gasteiger partial charge in [-0.2, -0.15) is 4.40 Å². The number of benzene rings is 2. The van der Waals surface area contributed by atoms with Crippen molar-refractivity contribution in [2.45, 2.75) is 45.3 Å². The van der Waals surface area contributed by atoms with Gasteiger partial charge in [-0.05, 0) is 62.4 Å². The zero-order valence-electron chi connectivity index (χ0n) is 15.1. The van der Waals surface area contributed by atoms with Crippen molar-refractivity contribution in [3.05, 3.63) is 47.0 Å². The highest BCUT2D eigenvalue weighted by molar-refractivity contribution is 7.85. The van der Waals surface area contributed by atoms with E-state index in [-0.39, 0.29) is 12.3 Å². The highest BCUT2D eigenvalue weighted by Gasteiger charge is 2.26. The van der Waals surface area contributed by atoms with Crippen molar-refractivity contribution < 1.29 is 13.7 Å². The zero-order chi connectivity index (χ0) is 18.2. The molecule has 0 fully saturated rings. The number of rotatable bonds is 4. The molecule has 2 aromatic carbocycles. The summed E-state index contributed by atoms with van der Waals surface area (Å²) in [5.41, 5.74) is 3.41. The van der Waals surface area contributed by atoms with Gasteiger partial charge in [0, 0.05) is 5.56 Å². The molecule has 0 amide bonds. The smallest absolute Gasteiger partial charge is 0.358 e. The number of nitrogens with zero attached hydrogens (tertiary/aromatic N) is 1. The fourth-order valence-electron chi connectivity index (χ4n) is 3.07. The van der Waals surface area contributed by atoms with Crippen LogP contribution < -0.4 is 0 Å². The summed E-state index contributed by atoms with van der Waals surface area (Å²) in [5.74, 6) is -0.529. The lowest BCUT2D eigenvalue weighted by Crippen LogP contribution is -2.25. The van der Waals surface area contributed by atoms with E-state index in [1.807, 2.05) is 45.0 Å². The topological polar surface area (TPSA) is 55.7 Å². The Balaban J connectivity index is 2.21. The quantitative estimate of drug-likeness (QED) is 0.618. The Bertz CT molecular complexity index is 883. The van der Waals surface area contributed by atoms with Crippen LogP contribution in [0, 0.1) is 0 Å². The summed E-state index contributed by atoms with van der Waals surface area (Å²) in [6.07, 6.45) is 2.02. The molecule has 1 aliphatic carbocycles. The Morgan fingerprint density at radius 1 is 1.16 bits per heavy atom. The Hall–Kier alpha value is -2.01. The van der Waals surface area contributed by atoms with Gasteiger partial charge >= 0.3 is 5.97 Å². The van der Waals surface area contributed by atoms with E-state index < -0.39 is 21.7 Å². The minimum Gasteiger partial charge on any atom is -0.461 e. The molecule has 0 unspecified atom stereocenters. The van der Waals surface area contributed by atoms with Gasteiger partial charge in [-0.15, -0.1) is 0 Å². The summed E-state index contributed by atoms with van der Waals surface area (Å²) in [7, 11) is -1.54. The van der Waals surface area contributed by atoms with Gasteiger partial charge in [-0.3, -0.25) is 0 Å². The third-order valence-corrected chi connectivity index (χ3v) is 5.69. The first-order valence-electron chi connectivity index (χ1n) is 8.54. The molecule has 0 radical (unpaired) electrons. The number of hydrogen-bond donors (Lipinski definition) is 0. The van der Waals surface area contributed by atoms with Crippen molar-refractivity contribution in [2.75, 3.05) is 6.61 Å². The molecule has 0 N–H and O–H groups in total. The second kappa shape index (κ2) is 6.71. The summed E-state index contributed by atoms with van der Waals surface area (Å²) in [4.78, 5) is 12.5. The third-order valence-electron chi connectivity index (χ3n) is 4.30. The maximum Gasteiger partial charge on any atom is 0.358 e. The minimum atomic E-state index is -1.54. The van der Waals surface area contributed by atoms with Crippen molar-refractivity contribution >= 4 is 33.4 Å². The average molecular weight is 357 g/mol. The van der Waals surface area contributed by atoms with Crippen LogP contribution >= 0.6 is 0 Å². The average Bonchev–Trinajstić information content (AvgIpc) is 2.98. The largest absolute Gasteiger partial charge is 0.461 e. The molecule has 5 heteroatoms. The first kappa shape index (κ1) is 17.8. The minimum absolute atomic E-state index is 0.144. The summed E-state index contributed by atoms with van der Waals surface area (Å²) in [6, 6.07) is 10.1. The van der Waals surface area contributed by atoms with E-state index in [0.29, 0.717) is 5.56 Å². The first-order valence-corrected chi connectivity index (χ1v) is 9.65. The maximum atomic E-state index is 12.6. The van der Waals surface area contributed by atoms with E-state index in [2.05, 4.69) is 10.5 Å². The predicted molar refractivity (Wildman–Crippen MR) is 102 cm³/mol. The molecular weight excluding hydrogens is 334 g/mol. The molecule has 0 spiro atoms. The van der Waals surface area contributed by atoms with Gasteiger partial charge in [0.05, 0.1) is 11.4 Å². The molecule has 132 valence electrons. The molecule has 2 aromatic rings. The number of aryl methyl sites for hydroxylation is 2. The lowest BCUT2D eigenvalue weighted by Gasteiger charge is -2.16. The van der Waals surface area contributed by atoms with E-state index in [1.165, 1.54) is 16.5 Å². The Morgan fingerprint density at radius 2 is 1.84 bits per heavy atom. The lowest BCUT2D eigenvalue weighted by molar-refractivity contribution is -0.134. The Kier molecular flexibility index (Phi) is 4.78. The van der Waals surface area contributed by atoms with Gasteiger partial charge in [0.25, 0.3) is 0 Å². The van der Waals surface area contributed by atoms with Crippen LogP contribution in [0.3, 0.4) is 0 Å². The Morgan fingerprint density at radius 3 is 2.48 bits per heavy atom. The van der Waals surface area contributed by atoms with Crippen molar-refractivity contribution in [1.29, 1.82) is 0 Å². The van der Waals surface area contributed by atoms with Crippen LogP contribution in [-0.4, -0.2) is 27.2 Å². The second-order valence-corrected chi connectivity index (χ2v) is 9.04. The summed E-state index contributed by atoms with van der Waals surface area (Å²) in [6.45, 7) is 7.51. The van der Waals surface area contributed by atoms with Crippen LogP contribution in [0.4, 0.5) is 0 Å². The van der Waals surface area contributed by atoms with E-state index in [0.717, 1.165) is 18.2 Å². The standard InChI is InChI=1S/C20H23NO3S/c1-5-24-19(22)18(21-25(23)20(2,3)4)16-12-11-14-10-9-13-7-6-8-15(16)17(13)14/h6-8,11-12H,5,9-10H2,1-4H3/b21-18+/t25-/m1/s1. The molecule has 0 aliphatic heterocycles. The van der Waals surface area contributed by atoms with E-state index >= 15 is 0 Å². The summed E-state index contributed by atoms with van der Waals surface area (Å²) < 4.78 is 21.5. The second-order valence-electron chi connectivity index (χ2n) is 7.13. The van der Waals surface area contributed by atoms with Gasteiger partial charge < -0.3 is 4.74 Å². The SMILES string of the molecule is CCOC(=O)/C(=N/[S@](=O)C(C)(C)C)c1ccc2c3c(cccc13)CC2. The molecule has 0 saturated carbocycles. The van der Waals surface area contributed by atoms with E-state index in [4.69, 9.17) is 4.74 Å². The van der Waals surface area contributed by atoms with Gasteiger partial charge in [-0.25, -0.2) is 9.00 Å². The summed E-state index contributed by atoms with van der Waals surface area (Å²) in [5, 5.41) is 2.17. The van der Waals surface area contributed by atoms with Gasteiger partial charge in [0.2, 0.25) is 0 Å². The Labute approximate surface area is 150 Å². The number of esters is 1. The molecule has 0 saturated heterocycles. The number of carbonyl (C=O) groups is 1. The molecule has 0 bridgehead atoms. The van der Waals surface area contributed by atoms with E-state index in [9.17, 15) is 9.00 Å². The van der Waals surface area contributed by atoms with Crippen LogP contribution in [0.2, 0.25) is 0 Å². The van der Waals surface area contributed by atoms with Gasteiger partial charge in [0.1, 0.15) is 11.0 Å². The third kappa shape index (κ3) is 3.38. The monoisotopic (exact) mass is 357 g/mol. The summed E-state index contributed by atoms with van der Waals surface area (Å²) >= 11 is 0. The zero-order valence-corrected chi connectivity index (χ0v) is 15.9. The van der Waals surface area contributed by atoms with E-state index in [1.54, 1.807) is 6.92 Å². The molecule has 0 heterocycles. The van der Waals surface area contributed by atoms with Gasteiger partial charge in [-0.1, -0.05) is 30.3 Å². The van der Waals surface area contributed by atoms with Crippen molar-refractivity contribution in [3.8, 4) is 0 Å². The first-order chi connectivity index (χ1) is 11.8. The van der Waals surface area contributed by atoms with Crippen molar-refractivity contribution in [1.82, 2.24) is 0 Å². The molecule has 4 nitrogen and oxygen atoms in total. The van der Waals surface area contributed by atoms with Crippen LogP contribution in [0.15, 0.2) is 34.7 Å². The molecular formula is C20H23NO3S. The number of ether oxygens (including phenoxy) is 1. The molecule has 1 atom stereocenters. The van der Waals surface area contributed by atoms with Crippen LogP contribution in [0.25, 0.3) is 10.8 Å². The highest BCUT2D eigenvalue weighted by atomic mass is 32.2. The fourth-order valence-corrected chi connectivity index (χ4v) is 3.68. The van der Waals surface area contributed by atoms with Crippen molar-refractivity contribution in [3.63, 3.8) is 0 Å². The normalized spacial score (nSPS) is 15.4. The van der Waals surface area contributed by atoms with Crippen LogP contribution in [0.5, 0.6) is 0 Å². The van der Waals surface area contributed by atoms with Crippen LogP contribution in [0.1, 0.15) is 44.4 Å². The molecule has 0 aromatic heterocycles. The number of carbonyl (C=O) groups excluding carboxylic acids is 1. The molecule has 3 rings (SSSR count). The van der Waals surface area contributed by atoms with Crippen LogP contribution in [-0.2, 0) is 33.4 Å². The number of hydrogen-bond acceptors (Lipinski definition) is 3. The predicted octanol–water partition coefficient (Wildman–Crippen LogP) is 3.75. The van der Waals surface area contributed by atoms with Crippen molar-refractivity contribution in [2.24, 2.45) is 4.40 Å². The fraction of sp³-hybridized carbons (Fsp3) is 0.400.